The molecule has 36 heavy (non-hydrogen) atoms. The second-order valence-corrected chi connectivity index (χ2v) is 9.82. The van der Waals surface area contributed by atoms with Gasteiger partial charge in [0, 0.05) is 17.2 Å². The molecule has 0 saturated heterocycles. The Balaban J connectivity index is 1.44. The predicted molar refractivity (Wildman–Crippen MR) is 150 cm³/mol. The second kappa shape index (κ2) is 12.5. The smallest absolute Gasteiger partial charge is 0.300 e. The van der Waals surface area contributed by atoms with Crippen LogP contribution in [0.15, 0.2) is 94.1 Å². The second-order valence-electron chi connectivity index (χ2n) is 9.82. The van der Waals surface area contributed by atoms with Crippen LogP contribution in [0, 0.1) is 12.8 Å². The van der Waals surface area contributed by atoms with Crippen molar-refractivity contribution in [2.75, 3.05) is 5.32 Å². The Morgan fingerprint density at radius 1 is 1.08 bits per heavy atom. The summed E-state index contributed by atoms with van der Waals surface area (Å²) in [5.41, 5.74) is 6.55. The molecular formula is C32H38N2O2. The van der Waals surface area contributed by atoms with Crippen LogP contribution in [0.25, 0.3) is 11.1 Å². The summed E-state index contributed by atoms with van der Waals surface area (Å²) in [5, 5.41) is 3.16. The number of allylic oxidation sites excluding steroid dienone is 10. The van der Waals surface area contributed by atoms with Crippen molar-refractivity contribution in [2.45, 2.75) is 71.6 Å². The Morgan fingerprint density at radius 3 is 2.56 bits per heavy atom. The van der Waals surface area contributed by atoms with E-state index in [1.807, 2.05) is 37.3 Å². The summed E-state index contributed by atoms with van der Waals surface area (Å²) < 4.78 is 5.79. The van der Waals surface area contributed by atoms with Gasteiger partial charge in [0.25, 0.3) is 6.01 Å². The average molecular weight is 483 g/mol. The molecule has 2 aromatic rings. The lowest BCUT2D eigenvalue weighted by Crippen LogP contribution is -2.15. The molecule has 1 fully saturated rings. The molecule has 4 heteroatoms. The van der Waals surface area contributed by atoms with Gasteiger partial charge in [0.1, 0.15) is 5.52 Å². The lowest BCUT2D eigenvalue weighted by Gasteiger charge is -2.15. The topological polar surface area (TPSA) is 55.1 Å². The molecule has 1 N–H and O–H groups in total. The van der Waals surface area contributed by atoms with Crippen LogP contribution in [0.3, 0.4) is 0 Å². The van der Waals surface area contributed by atoms with Crippen LogP contribution in [-0.2, 0) is 4.79 Å². The van der Waals surface area contributed by atoms with E-state index in [1.165, 1.54) is 25.7 Å². The van der Waals surface area contributed by atoms with Crippen LogP contribution in [0.2, 0.25) is 0 Å². The Morgan fingerprint density at radius 2 is 1.81 bits per heavy atom. The first-order valence-electron chi connectivity index (χ1n) is 13.4. The van der Waals surface area contributed by atoms with Crippen LogP contribution in [0.1, 0.15) is 70.3 Å². The normalized spacial score (nSPS) is 20.2. The van der Waals surface area contributed by atoms with Gasteiger partial charge in [0.15, 0.2) is 11.4 Å². The van der Waals surface area contributed by atoms with Gasteiger partial charge in [-0.2, -0.15) is 4.98 Å². The molecule has 0 atom stereocenters. The van der Waals surface area contributed by atoms with E-state index >= 15 is 0 Å². The van der Waals surface area contributed by atoms with E-state index < -0.39 is 0 Å². The highest BCUT2D eigenvalue weighted by Crippen LogP contribution is 2.28. The Kier molecular flexibility index (Phi) is 8.94. The molecule has 0 radical (unpaired) electrons. The molecule has 2 aliphatic rings. The molecular weight excluding hydrogens is 444 g/mol. The van der Waals surface area contributed by atoms with Crippen molar-refractivity contribution in [3.63, 3.8) is 0 Å². The predicted octanol–water partition coefficient (Wildman–Crippen LogP) is 8.70. The van der Waals surface area contributed by atoms with Crippen LogP contribution in [0.5, 0.6) is 0 Å². The third-order valence-electron chi connectivity index (χ3n) is 6.88. The van der Waals surface area contributed by atoms with E-state index in [0.717, 1.165) is 65.5 Å². The van der Waals surface area contributed by atoms with Crippen LogP contribution >= 0.6 is 0 Å². The number of aromatic nitrogens is 1. The first-order chi connectivity index (χ1) is 17.5. The molecule has 1 saturated carbocycles. The van der Waals surface area contributed by atoms with Crippen LogP contribution in [-0.4, -0.2) is 10.8 Å². The summed E-state index contributed by atoms with van der Waals surface area (Å²) in [7, 11) is 0. The van der Waals surface area contributed by atoms with Gasteiger partial charge in [-0.15, -0.1) is 0 Å². The third-order valence-corrected chi connectivity index (χ3v) is 6.88. The molecule has 2 aliphatic carbocycles. The van der Waals surface area contributed by atoms with Crippen molar-refractivity contribution in [1.82, 2.24) is 4.98 Å². The number of ketones is 1. The van der Waals surface area contributed by atoms with Crippen LogP contribution < -0.4 is 5.32 Å². The van der Waals surface area contributed by atoms with Crippen LogP contribution in [0.4, 0.5) is 6.01 Å². The Hall–Kier alpha value is -3.40. The summed E-state index contributed by atoms with van der Waals surface area (Å²) >= 11 is 0. The van der Waals surface area contributed by atoms with Crippen molar-refractivity contribution in [3.05, 3.63) is 95.3 Å². The standard InChI is InChI=1S/C32H38N2O2/c1-4-11-25(18-17-24(3)33-32-34-29-22-23(2)16-21-30(29)36-32)26-12-9-10-15-28(20-19-26)31(35)27-13-7-5-6-8-14-27/h11-12,15-22,27H,3-10,13-14H2,1-2H3,(H,33,34)/b18-17-,20-19-,25-11?,26-12?,28-15+. The number of hydrogen-bond donors (Lipinski definition) is 1. The molecule has 0 bridgehead atoms. The zero-order chi connectivity index (χ0) is 25.3. The quantitative estimate of drug-likeness (QED) is 0.302. The van der Waals surface area contributed by atoms with Gasteiger partial charge in [-0.05, 0) is 73.9 Å². The third kappa shape index (κ3) is 6.84. The van der Waals surface area contributed by atoms with E-state index in [1.54, 1.807) is 0 Å². The molecule has 188 valence electrons. The van der Waals surface area contributed by atoms with Gasteiger partial charge in [-0.3, -0.25) is 4.79 Å². The number of fused-ring (bicyclic) bond motifs is 1. The lowest BCUT2D eigenvalue weighted by molar-refractivity contribution is -0.119. The zero-order valence-corrected chi connectivity index (χ0v) is 21.7. The Bertz CT molecular complexity index is 1240. The maximum atomic E-state index is 13.2. The molecule has 0 unspecified atom stereocenters. The van der Waals surface area contributed by atoms with Gasteiger partial charge in [-0.1, -0.05) is 81.7 Å². The van der Waals surface area contributed by atoms with E-state index in [9.17, 15) is 4.79 Å². The Labute approximate surface area is 215 Å². The first kappa shape index (κ1) is 25.7. The number of anilines is 1. The summed E-state index contributed by atoms with van der Waals surface area (Å²) in [6.07, 6.45) is 24.4. The molecule has 4 nitrogen and oxygen atoms in total. The van der Waals surface area contributed by atoms with Gasteiger partial charge in [0.05, 0.1) is 0 Å². The van der Waals surface area contributed by atoms with Crippen molar-refractivity contribution >= 4 is 22.9 Å². The minimum absolute atomic E-state index is 0.186. The van der Waals surface area contributed by atoms with Gasteiger partial charge in [0.2, 0.25) is 0 Å². The van der Waals surface area contributed by atoms with Gasteiger partial charge < -0.3 is 9.73 Å². The molecule has 0 aliphatic heterocycles. The monoisotopic (exact) mass is 482 g/mol. The number of oxazole rings is 1. The number of rotatable bonds is 8. The summed E-state index contributed by atoms with van der Waals surface area (Å²) in [4.78, 5) is 17.8. The number of nitrogens with one attached hydrogen (secondary N) is 1. The van der Waals surface area contributed by atoms with Crippen molar-refractivity contribution in [1.29, 1.82) is 0 Å². The number of hydrogen-bond acceptors (Lipinski definition) is 4. The minimum Gasteiger partial charge on any atom is -0.423 e. The first-order valence-corrected chi connectivity index (χ1v) is 13.4. The fraction of sp³-hybridized carbons (Fsp3) is 0.375. The number of carbonyl (C=O) groups is 1. The van der Waals surface area contributed by atoms with Crippen molar-refractivity contribution < 1.29 is 9.21 Å². The molecule has 1 aromatic heterocycles. The molecule has 1 heterocycles. The van der Waals surface area contributed by atoms with Crippen molar-refractivity contribution in [2.24, 2.45) is 5.92 Å². The van der Waals surface area contributed by atoms with E-state index in [0.29, 0.717) is 17.5 Å². The van der Waals surface area contributed by atoms with E-state index in [2.05, 4.69) is 54.2 Å². The van der Waals surface area contributed by atoms with Gasteiger partial charge in [-0.25, -0.2) is 0 Å². The zero-order valence-electron chi connectivity index (χ0n) is 21.7. The fourth-order valence-electron chi connectivity index (χ4n) is 4.93. The molecule has 4 rings (SSSR count). The number of aryl methyl sites for hydroxylation is 1. The highest BCUT2D eigenvalue weighted by molar-refractivity contribution is 5.99. The van der Waals surface area contributed by atoms with Crippen molar-refractivity contribution in [3.8, 4) is 0 Å². The fourth-order valence-corrected chi connectivity index (χ4v) is 4.93. The number of Topliss-reactive ketones (excluding diaryl/α,β-unsaturated/α-hetero) is 1. The number of carbonyl (C=O) groups excluding carboxylic acids is 1. The molecule has 0 spiro atoms. The molecule has 1 aromatic carbocycles. The average Bonchev–Trinajstić information content (AvgIpc) is 3.04. The minimum atomic E-state index is 0.186. The lowest BCUT2D eigenvalue weighted by atomic mass is 9.88. The maximum Gasteiger partial charge on any atom is 0.300 e. The maximum absolute atomic E-state index is 13.2. The van der Waals surface area contributed by atoms with Gasteiger partial charge >= 0.3 is 0 Å². The number of nitrogens with zero attached hydrogens (tertiary/aromatic N) is 1. The number of benzene rings is 1. The highest BCUT2D eigenvalue weighted by Gasteiger charge is 2.22. The van der Waals surface area contributed by atoms with E-state index in [4.69, 9.17) is 4.42 Å². The summed E-state index contributed by atoms with van der Waals surface area (Å²) in [6, 6.07) is 6.37. The summed E-state index contributed by atoms with van der Waals surface area (Å²) in [5.74, 6) is 0.517. The largest absolute Gasteiger partial charge is 0.423 e. The highest BCUT2D eigenvalue weighted by atomic mass is 16.4. The molecule has 0 amide bonds. The summed E-state index contributed by atoms with van der Waals surface area (Å²) in [6.45, 7) is 8.30. The van der Waals surface area contributed by atoms with E-state index in [-0.39, 0.29) is 5.92 Å². The SMILES string of the molecule is C=C(/C=C\C(=CCC)C1=CCC/C=C(C(=O)C2CCCCCC2)\C=C/1)Nc1nc2cc(C)ccc2o1.